The van der Waals surface area contributed by atoms with Crippen molar-refractivity contribution < 1.29 is 9.53 Å². The molecule has 118 valence electrons. The van der Waals surface area contributed by atoms with E-state index in [9.17, 15) is 4.79 Å². The molecule has 1 unspecified atom stereocenters. The Hall–Kier alpha value is -1.16. The van der Waals surface area contributed by atoms with Crippen molar-refractivity contribution in [2.24, 2.45) is 5.92 Å². The lowest BCUT2D eigenvalue weighted by molar-refractivity contribution is -0.136. The van der Waals surface area contributed by atoms with Gasteiger partial charge in [-0.2, -0.15) is 5.26 Å². The van der Waals surface area contributed by atoms with Crippen LogP contribution < -0.4 is 5.32 Å². The highest BCUT2D eigenvalue weighted by atomic mass is 16.5. The van der Waals surface area contributed by atoms with Crippen molar-refractivity contribution in [2.75, 3.05) is 59.0 Å². The maximum atomic E-state index is 12.6. The molecular weight excluding hydrogens is 268 g/mol. The topological polar surface area (TPSA) is 68.6 Å². The Kier molecular flexibility index (Phi) is 6.93. The average molecular weight is 294 g/mol. The van der Waals surface area contributed by atoms with Crippen LogP contribution in [0.1, 0.15) is 19.3 Å². The Morgan fingerprint density at radius 2 is 2.19 bits per heavy atom. The van der Waals surface area contributed by atoms with E-state index in [-0.39, 0.29) is 11.8 Å². The molecular formula is C15H26N4O2. The molecule has 21 heavy (non-hydrogen) atoms. The summed E-state index contributed by atoms with van der Waals surface area (Å²) in [5, 5.41) is 12.1. The first-order chi connectivity index (χ1) is 10.3. The second-order valence-electron chi connectivity index (χ2n) is 5.73. The number of ether oxygens (including phenoxy) is 1. The lowest BCUT2D eigenvalue weighted by Gasteiger charge is -2.32. The highest BCUT2D eigenvalue weighted by molar-refractivity contribution is 5.79. The predicted octanol–water partition coefficient (Wildman–Crippen LogP) is 0.0605. The molecule has 0 saturated carbocycles. The van der Waals surface area contributed by atoms with Crippen molar-refractivity contribution in [1.82, 2.24) is 15.1 Å². The third-order valence-electron chi connectivity index (χ3n) is 4.24. The SMILES string of the molecule is N#CCCN(CCN1CCOCC1)C(=O)C1CCCNC1. The van der Waals surface area contributed by atoms with Crippen molar-refractivity contribution in [3.8, 4) is 6.07 Å². The minimum absolute atomic E-state index is 0.0853. The van der Waals surface area contributed by atoms with E-state index in [0.717, 1.165) is 65.3 Å². The van der Waals surface area contributed by atoms with E-state index in [1.807, 2.05) is 4.90 Å². The number of hydrogen-bond acceptors (Lipinski definition) is 5. The van der Waals surface area contributed by atoms with Gasteiger partial charge in [0.2, 0.25) is 5.91 Å². The molecule has 2 heterocycles. The van der Waals surface area contributed by atoms with Crippen LogP contribution in [0.2, 0.25) is 0 Å². The normalized spacial score (nSPS) is 23.5. The van der Waals surface area contributed by atoms with E-state index in [1.54, 1.807) is 0 Å². The molecule has 1 atom stereocenters. The number of nitrogens with zero attached hydrogens (tertiary/aromatic N) is 3. The lowest BCUT2D eigenvalue weighted by atomic mass is 9.98. The van der Waals surface area contributed by atoms with Crippen LogP contribution in [0.15, 0.2) is 0 Å². The predicted molar refractivity (Wildman–Crippen MR) is 79.7 cm³/mol. The van der Waals surface area contributed by atoms with Crippen LogP contribution in [0.4, 0.5) is 0 Å². The molecule has 2 aliphatic rings. The van der Waals surface area contributed by atoms with Crippen LogP contribution in [-0.4, -0.2) is 74.7 Å². The Morgan fingerprint density at radius 3 is 2.86 bits per heavy atom. The fraction of sp³-hybridized carbons (Fsp3) is 0.867. The smallest absolute Gasteiger partial charge is 0.227 e. The van der Waals surface area contributed by atoms with Crippen LogP contribution in [0, 0.1) is 17.2 Å². The van der Waals surface area contributed by atoms with Gasteiger partial charge in [-0.3, -0.25) is 9.69 Å². The van der Waals surface area contributed by atoms with E-state index in [2.05, 4.69) is 16.3 Å². The molecule has 2 saturated heterocycles. The molecule has 0 aromatic rings. The van der Waals surface area contributed by atoms with E-state index in [1.165, 1.54) is 0 Å². The summed E-state index contributed by atoms with van der Waals surface area (Å²) in [6, 6.07) is 2.15. The fourth-order valence-corrected chi connectivity index (χ4v) is 2.92. The van der Waals surface area contributed by atoms with Gasteiger partial charge in [-0.25, -0.2) is 0 Å². The highest BCUT2D eigenvalue weighted by Crippen LogP contribution is 2.14. The number of rotatable bonds is 6. The number of hydrogen-bond donors (Lipinski definition) is 1. The average Bonchev–Trinajstić information content (AvgIpc) is 2.56. The third kappa shape index (κ3) is 5.27. The zero-order chi connectivity index (χ0) is 14.9. The number of amides is 1. The minimum Gasteiger partial charge on any atom is -0.379 e. The number of morpholine rings is 1. The number of nitrogens with one attached hydrogen (secondary N) is 1. The maximum absolute atomic E-state index is 12.6. The molecule has 1 N–H and O–H groups in total. The van der Waals surface area contributed by atoms with Gasteiger partial charge >= 0.3 is 0 Å². The molecule has 0 aromatic carbocycles. The van der Waals surface area contributed by atoms with Gasteiger partial charge < -0.3 is 15.0 Å². The third-order valence-corrected chi connectivity index (χ3v) is 4.24. The standard InChI is InChI=1S/C15H26N4O2/c16-4-2-6-19(8-7-18-9-11-21-12-10-18)15(20)14-3-1-5-17-13-14/h14,17H,1-3,5-13H2. The number of nitriles is 1. The zero-order valence-electron chi connectivity index (χ0n) is 12.7. The first-order valence-electron chi connectivity index (χ1n) is 7.98. The number of carbonyl (C=O) groups excluding carboxylic acids is 1. The Morgan fingerprint density at radius 1 is 1.38 bits per heavy atom. The molecule has 0 aromatic heterocycles. The summed E-state index contributed by atoms with van der Waals surface area (Å²) in [7, 11) is 0. The summed E-state index contributed by atoms with van der Waals surface area (Å²) in [6.45, 7) is 7.36. The minimum atomic E-state index is 0.0853. The van der Waals surface area contributed by atoms with Crippen LogP contribution in [0.3, 0.4) is 0 Å². The van der Waals surface area contributed by atoms with Gasteiger partial charge in [0.05, 0.1) is 31.6 Å². The van der Waals surface area contributed by atoms with Gasteiger partial charge in [-0.05, 0) is 19.4 Å². The van der Waals surface area contributed by atoms with Crippen molar-refractivity contribution in [3.63, 3.8) is 0 Å². The molecule has 0 bridgehead atoms. The van der Waals surface area contributed by atoms with E-state index in [4.69, 9.17) is 10.00 Å². The zero-order valence-corrected chi connectivity index (χ0v) is 12.7. The van der Waals surface area contributed by atoms with Gasteiger partial charge in [-0.1, -0.05) is 0 Å². The molecule has 6 heteroatoms. The summed E-state index contributed by atoms with van der Waals surface area (Å²) in [5.74, 6) is 0.299. The monoisotopic (exact) mass is 294 g/mol. The number of piperidine rings is 1. The van der Waals surface area contributed by atoms with Gasteiger partial charge in [0, 0.05) is 39.3 Å². The van der Waals surface area contributed by atoms with Crippen molar-refractivity contribution in [2.45, 2.75) is 19.3 Å². The largest absolute Gasteiger partial charge is 0.379 e. The molecule has 0 aliphatic carbocycles. The van der Waals surface area contributed by atoms with Gasteiger partial charge in [-0.15, -0.1) is 0 Å². The van der Waals surface area contributed by atoms with E-state index < -0.39 is 0 Å². The molecule has 2 fully saturated rings. The van der Waals surface area contributed by atoms with E-state index >= 15 is 0 Å². The quantitative estimate of drug-likeness (QED) is 0.750. The van der Waals surface area contributed by atoms with Crippen molar-refractivity contribution in [3.05, 3.63) is 0 Å². The highest BCUT2D eigenvalue weighted by Gasteiger charge is 2.26. The van der Waals surface area contributed by atoms with Crippen LogP contribution in [-0.2, 0) is 9.53 Å². The first kappa shape index (κ1) is 16.2. The Bertz CT molecular complexity index is 357. The molecule has 1 amide bonds. The molecule has 2 rings (SSSR count). The summed E-state index contributed by atoms with van der Waals surface area (Å²) in [4.78, 5) is 16.8. The van der Waals surface area contributed by atoms with Crippen molar-refractivity contribution >= 4 is 5.91 Å². The van der Waals surface area contributed by atoms with Gasteiger partial charge in [0.15, 0.2) is 0 Å². The summed E-state index contributed by atoms with van der Waals surface area (Å²) < 4.78 is 5.34. The maximum Gasteiger partial charge on any atom is 0.227 e. The van der Waals surface area contributed by atoms with Crippen LogP contribution in [0.5, 0.6) is 0 Å². The molecule has 6 nitrogen and oxygen atoms in total. The van der Waals surface area contributed by atoms with Crippen molar-refractivity contribution in [1.29, 1.82) is 5.26 Å². The number of carbonyl (C=O) groups is 1. The van der Waals surface area contributed by atoms with E-state index in [0.29, 0.717) is 13.0 Å². The molecule has 0 radical (unpaired) electrons. The first-order valence-corrected chi connectivity index (χ1v) is 7.98. The van der Waals surface area contributed by atoms with Crippen LogP contribution >= 0.6 is 0 Å². The summed E-state index contributed by atoms with van der Waals surface area (Å²) in [5.41, 5.74) is 0. The fourth-order valence-electron chi connectivity index (χ4n) is 2.92. The van der Waals surface area contributed by atoms with Gasteiger partial charge in [0.25, 0.3) is 0 Å². The lowest BCUT2D eigenvalue weighted by Crippen LogP contribution is -2.47. The second kappa shape index (κ2) is 8.98. The van der Waals surface area contributed by atoms with Gasteiger partial charge in [0.1, 0.15) is 0 Å². The summed E-state index contributed by atoms with van der Waals surface area (Å²) >= 11 is 0. The molecule has 2 aliphatic heterocycles. The molecule has 0 spiro atoms. The van der Waals surface area contributed by atoms with Crippen LogP contribution in [0.25, 0.3) is 0 Å². The Labute approximate surface area is 127 Å². The summed E-state index contributed by atoms with van der Waals surface area (Å²) in [6.07, 6.45) is 2.44. The second-order valence-corrected chi connectivity index (χ2v) is 5.73. The Balaban J connectivity index is 1.83.